The van der Waals surface area contributed by atoms with Crippen LogP contribution in [0.2, 0.25) is 0 Å². The normalized spacial score (nSPS) is 13.9. The van der Waals surface area contributed by atoms with Crippen molar-refractivity contribution in [2.24, 2.45) is 0 Å². The smallest absolute Gasteiger partial charge is 0.0215 e. The molecule has 0 saturated carbocycles. The van der Waals surface area contributed by atoms with Gasteiger partial charge in [-0.2, -0.15) is 12.6 Å². The van der Waals surface area contributed by atoms with Gasteiger partial charge in [-0.05, 0) is 17.2 Å². The lowest BCUT2D eigenvalue weighted by atomic mass is 10.4. The number of allylic oxidation sites excluding steroid dienone is 5. The summed E-state index contributed by atoms with van der Waals surface area (Å²) in [6, 6.07) is 0. The van der Waals surface area contributed by atoms with Gasteiger partial charge in [0.1, 0.15) is 0 Å². The number of hydrogen-bond acceptors (Lipinski definition) is 2. The molecule has 0 saturated heterocycles. The van der Waals surface area contributed by atoms with Crippen LogP contribution >= 0.6 is 25.3 Å². The van der Waals surface area contributed by atoms with Crippen LogP contribution in [0.25, 0.3) is 0 Å². The summed E-state index contributed by atoms with van der Waals surface area (Å²) < 4.78 is 0. The fraction of sp³-hybridized carbons (Fsp3) is 0.143. The van der Waals surface area contributed by atoms with E-state index in [-0.39, 0.29) is 0 Å². The molecule has 0 aliphatic carbocycles. The highest BCUT2D eigenvalue weighted by Crippen LogP contribution is 1.96. The molecule has 0 aliphatic rings. The van der Waals surface area contributed by atoms with Crippen LogP contribution < -0.4 is 0 Å². The van der Waals surface area contributed by atoms with Crippen LogP contribution in [0.15, 0.2) is 34.6 Å². The van der Waals surface area contributed by atoms with Gasteiger partial charge in [-0.1, -0.05) is 24.3 Å². The van der Waals surface area contributed by atoms with E-state index < -0.39 is 0 Å². The lowest BCUT2D eigenvalue weighted by molar-refractivity contribution is 1.68. The summed E-state index contributed by atoms with van der Waals surface area (Å²) in [6.07, 6.45) is 7.56. The first-order valence-electron chi connectivity index (χ1n) is 2.60. The topological polar surface area (TPSA) is 0 Å². The predicted molar refractivity (Wildman–Crippen MR) is 50.0 cm³/mol. The van der Waals surface area contributed by atoms with Gasteiger partial charge < -0.3 is 0 Å². The molecule has 0 bridgehead atoms. The fourth-order valence-corrected chi connectivity index (χ4v) is 0.494. The molecule has 0 aliphatic heterocycles. The van der Waals surface area contributed by atoms with Crippen molar-refractivity contribution in [1.29, 1.82) is 0 Å². The molecule has 0 fully saturated rings. The van der Waals surface area contributed by atoms with Crippen molar-refractivity contribution in [2.75, 3.05) is 0 Å². The third-order valence-electron chi connectivity index (χ3n) is 0.646. The molecule has 0 spiro atoms. The SMILES string of the molecule is C/C(S)=C/C=C/C=C/S. The Morgan fingerprint density at radius 2 is 1.89 bits per heavy atom. The highest BCUT2D eigenvalue weighted by atomic mass is 32.1. The molecule has 0 aromatic heterocycles. The Morgan fingerprint density at radius 1 is 1.22 bits per heavy atom. The van der Waals surface area contributed by atoms with Crippen molar-refractivity contribution in [3.63, 3.8) is 0 Å². The summed E-state index contributed by atoms with van der Waals surface area (Å²) in [7, 11) is 0. The Kier molecular flexibility index (Phi) is 5.99. The Balaban J connectivity index is 3.60. The molecule has 0 amide bonds. The van der Waals surface area contributed by atoms with Gasteiger partial charge in [0.05, 0.1) is 0 Å². The summed E-state index contributed by atoms with van der Waals surface area (Å²) in [5, 5.41) is 1.68. The summed E-state index contributed by atoms with van der Waals surface area (Å²) in [5.74, 6) is 0. The van der Waals surface area contributed by atoms with Crippen molar-refractivity contribution in [1.82, 2.24) is 0 Å². The molecular formula is C7H10S2. The summed E-state index contributed by atoms with van der Waals surface area (Å²) >= 11 is 7.94. The standard InChI is InChI=1S/C7H10S2/c1-7(9)5-3-2-4-6-8/h2-6,8-9H,1H3/b3-2+,6-4+,7-5-. The Morgan fingerprint density at radius 3 is 2.33 bits per heavy atom. The van der Waals surface area contributed by atoms with Crippen molar-refractivity contribution >= 4 is 25.3 Å². The predicted octanol–water partition coefficient (Wildman–Crippen LogP) is 2.82. The monoisotopic (exact) mass is 158 g/mol. The van der Waals surface area contributed by atoms with Crippen molar-refractivity contribution < 1.29 is 0 Å². The van der Waals surface area contributed by atoms with Crippen LogP contribution in [0, 0.1) is 0 Å². The highest BCUT2D eigenvalue weighted by Gasteiger charge is 1.68. The molecule has 0 nitrogen and oxygen atoms in total. The van der Waals surface area contributed by atoms with Crippen LogP contribution in [0.3, 0.4) is 0 Å². The van der Waals surface area contributed by atoms with Crippen LogP contribution in [-0.2, 0) is 0 Å². The molecule has 0 rings (SSSR count). The third kappa shape index (κ3) is 7.92. The van der Waals surface area contributed by atoms with Crippen LogP contribution in [0.5, 0.6) is 0 Å². The molecule has 0 aromatic rings. The maximum Gasteiger partial charge on any atom is -0.0215 e. The first-order chi connectivity index (χ1) is 4.27. The lowest BCUT2D eigenvalue weighted by Gasteiger charge is -1.78. The van der Waals surface area contributed by atoms with Crippen molar-refractivity contribution in [3.05, 3.63) is 34.6 Å². The average molecular weight is 158 g/mol. The molecule has 0 N–H and O–H groups in total. The zero-order valence-corrected chi connectivity index (χ0v) is 7.07. The zero-order valence-electron chi connectivity index (χ0n) is 5.28. The van der Waals surface area contributed by atoms with E-state index in [1.165, 1.54) is 0 Å². The molecule has 9 heavy (non-hydrogen) atoms. The second-order valence-electron chi connectivity index (χ2n) is 1.53. The minimum Gasteiger partial charge on any atom is -0.151 e. The zero-order chi connectivity index (χ0) is 7.11. The maximum absolute atomic E-state index is 4.07. The van der Waals surface area contributed by atoms with Gasteiger partial charge in [-0.3, -0.25) is 0 Å². The molecule has 0 unspecified atom stereocenters. The second kappa shape index (κ2) is 6.05. The van der Waals surface area contributed by atoms with E-state index in [1.54, 1.807) is 5.41 Å². The van der Waals surface area contributed by atoms with Gasteiger partial charge in [0.15, 0.2) is 0 Å². The van der Waals surface area contributed by atoms with E-state index in [1.807, 2.05) is 31.2 Å². The number of hydrogen-bond donors (Lipinski definition) is 2. The molecule has 50 valence electrons. The average Bonchev–Trinajstić information content (AvgIpc) is 1.80. The van der Waals surface area contributed by atoms with E-state index in [2.05, 4.69) is 25.3 Å². The van der Waals surface area contributed by atoms with Gasteiger partial charge in [0.25, 0.3) is 0 Å². The van der Waals surface area contributed by atoms with E-state index in [0.29, 0.717) is 0 Å². The first kappa shape index (κ1) is 8.92. The van der Waals surface area contributed by atoms with Gasteiger partial charge >= 0.3 is 0 Å². The van der Waals surface area contributed by atoms with Gasteiger partial charge in [-0.15, -0.1) is 12.6 Å². The Hall–Kier alpha value is -0.0800. The molecule has 0 aromatic carbocycles. The number of rotatable bonds is 2. The van der Waals surface area contributed by atoms with Gasteiger partial charge in [0, 0.05) is 0 Å². The largest absolute Gasteiger partial charge is 0.151 e. The van der Waals surface area contributed by atoms with Gasteiger partial charge in [0.2, 0.25) is 0 Å². The number of thiol groups is 2. The van der Waals surface area contributed by atoms with Gasteiger partial charge in [-0.25, -0.2) is 0 Å². The second-order valence-corrected chi connectivity index (χ2v) is 2.54. The molecule has 2 heteroatoms. The minimum atomic E-state index is 0.999. The lowest BCUT2D eigenvalue weighted by Crippen LogP contribution is -1.53. The molecule has 0 atom stereocenters. The maximum atomic E-state index is 4.07. The van der Waals surface area contributed by atoms with E-state index in [4.69, 9.17) is 0 Å². The van der Waals surface area contributed by atoms with E-state index in [0.717, 1.165) is 4.91 Å². The first-order valence-corrected chi connectivity index (χ1v) is 3.57. The molecule has 0 heterocycles. The van der Waals surface area contributed by atoms with E-state index in [9.17, 15) is 0 Å². The third-order valence-corrected chi connectivity index (χ3v) is 0.967. The van der Waals surface area contributed by atoms with E-state index >= 15 is 0 Å². The van der Waals surface area contributed by atoms with Crippen molar-refractivity contribution in [2.45, 2.75) is 6.92 Å². The summed E-state index contributed by atoms with van der Waals surface area (Å²) in [4.78, 5) is 0.999. The quantitative estimate of drug-likeness (QED) is 0.448. The highest BCUT2D eigenvalue weighted by molar-refractivity contribution is 7.84. The molecule has 0 radical (unpaired) electrons. The minimum absolute atomic E-state index is 0.999. The van der Waals surface area contributed by atoms with Crippen LogP contribution in [0.4, 0.5) is 0 Å². The fourth-order valence-electron chi connectivity index (χ4n) is 0.309. The van der Waals surface area contributed by atoms with Crippen LogP contribution in [0.1, 0.15) is 6.92 Å². The van der Waals surface area contributed by atoms with Crippen molar-refractivity contribution in [3.8, 4) is 0 Å². The Labute approximate surface area is 67.2 Å². The summed E-state index contributed by atoms with van der Waals surface area (Å²) in [6.45, 7) is 1.93. The molecular weight excluding hydrogens is 148 g/mol. The summed E-state index contributed by atoms with van der Waals surface area (Å²) in [5.41, 5.74) is 0. The Bertz CT molecular complexity index is 139. The van der Waals surface area contributed by atoms with Crippen LogP contribution in [-0.4, -0.2) is 0 Å².